The van der Waals surface area contributed by atoms with E-state index in [4.69, 9.17) is 5.11 Å². The third-order valence-corrected chi connectivity index (χ3v) is 3.63. The van der Waals surface area contributed by atoms with Gasteiger partial charge in [-0.25, -0.2) is 9.59 Å². The molecule has 0 spiro atoms. The standard InChI is InChI=1S/C13H25N3O3/c1-9(2)11(12(17)18)14-13(19)16-7-5-6-10(8-16)15(3)4/h9-11H,5-8H2,1-4H3,(H,14,19)(H,17,18)/t10?,11-/m1/s1. The number of carbonyl (C=O) groups is 2. The molecule has 0 bridgehead atoms. The first-order chi connectivity index (χ1) is 8.82. The number of likely N-dealkylation sites (N-methyl/N-ethyl adjacent to an activating group) is 1. The van der Waals surface area contributed by atoms with Crippen LogP contribution >= 0.6 is 0 Å². The summed E-state index contributed by atoms with van der Waals surface area (Å²) in [5.41, 5.74) is 0. The Labute approximate surface area is 114 Å². The van der Waals surface area contributed by atoms with Gasteiger partial charge < -0.3 is 20.2 Å². The molecule has 2 amide bonds. The fourth-order valence-electron chi connectivity index (χ4n) is 2.30. The molecule has 6 heteroatoms. The Kier molecular flexibility index (Phi) is 5.60. The molecule has 1 aliphatic heterocycles. The molecule has 0 aliphatic carbocycles. The van der Waals surface area contributed by atoms with E-state index in [1.165, 1.54) is 0 Å². The molecule has 2 atom stereocenters. The zero-order valence-corrected chi connectivity index (χ0v) is 12.2. The van der Waals surface area contributed by atoms with E-state index in [2.05, 4.69) is 10.2 Å². The van der Waals surface area contributed by atoms with Gasteiger partial charge >= 0.3 is 12.0 Å². The molecule has 1 aliphatic rings. The van der Waals surface area contributed by atoms with Crippen molar-refractivity contribution in [2.75, 3.05) is 27.2 Å². The lowest BCUT2D eigenvalue weighted by molar-refractivity contribution is -0.140. The normalized spacial score (nSPS) is 21.6. The highest BCUT2D eigenvalue weighted by atomic mass is 16.4. The SMILES string of the molecule is CC(C)[C@@H](NC(=O)N1CCCC(N(C)C)C1)C(=O)O. The molecule has 0 aromatic heterocycles. The minimum absolute atomic E-state index is 0.129. The first-order valence-electron chi connectivity index (χ1n) is 6.77. The molecule has 1 rings (SSSR count). The summed E-state index contributed by atoms with van der Waals surface area (Å²) in [7, 11) is 4.00. The van der Waals surface area contributed by atoms with E-state index >= 15 is 0 Å². The number of carboxylic acid groups (broad SMARTS) is 1. The van der Waals surface area contributed by atoms with Crippen LogP contribution in [0.15, 0.2) is 0 Å². The number of piperidine rings is 1. The molecular weight excluding hydrogens is 246 g/mol. The van der Waals surface area contributed by atoms with Gasteiger partial charge in [0.05, 0.1) is 0 Å². The predicted molar refractivity (Wildman–Crippen MR) is 73.1 cm³/mol. The molecule has 0 radical (unpaired) electrons. The van der Waals surface area contributed by atoms with Gasteiger partial charge in [0.25, 0.3) is 0 Å². The number of urea groups is 1. The maximum Gasteiger partial charge on any atom is 0.326 e. The number of carboxylic acids is 1. The lowest BCUT2D eigenvalue weighted by Crippen LogP contribution is -2.54. The van der Waals surface area contributed by atoms with Crippen LogP contribution < -0.4 is 5.32 Å². The zero-order chi connectivity index (χ0) is 14.6. The molecule has 6 nitrogen and oxygen atoms in total. The van der Waals surface area contributed by atoms with Crippen LogP contribution in [-0.4, -0.2) is 66.2 Å². The summed E-state index contributed by atoms with van der Waals surface area (Å²) in [6.07, 6.45) is 2.03. The van der Waals surface area contributed by atoms with Gasteiger partial charge in [-0.15, -0.1) is 0 Å². The molecule has 0 aromatic rings. The average molecular weight is 271 g/mol. The van der Waals surface area contributed by atoms with Crippen LogP contribution in [0.2, 0.25) is 0 Å². The van der Waals surface area contributed by atoms with Crippen molar-refractivity contribution in [3.63, 3.8) is 0 Å². The first-order valence-corrected chi connectivity index (χ1v) is 6.77. The number of nitrogens with zero attached hydrogens (tertiary/aromatic N) is 2. The second kappa shape index (κ2) is 6.75. The molecule has 1 saturated heterocycles. The summed E-state index contributed by atoms with van der Waals surface area (Å²) in [6.45, 7) is 4.93. The molecule has 0 saturated carbocycles. The number of rotatable bonds is 4. The largest absolute Gasteiger partial charge is 0.480 e. The van der Waals surface area contributed by atoms with E-state index in [9.17, 15) is 9.59 Å². The molecular formula is C13H25N3O3. The number of hydrogen-bond acceptors (Lipinski definition) is 3. The van der Waals surface area contributed by atoms with Crippen LogP contribution in [0, 0.1) is 5.92 Å². The number of amides is 2. The predicted octanol–water partition coefficient (Wildman–Crippen LogP) is 0.831. The number of hydrogen-bond donors (Lipinski definition) is 2. The molecule has 0 aromatic carbocycles. The van der Waals surface area contributed by atoms with Crippen molar-refractivity contribution in [2.45, 2.75) is 38.8 Å². The van der Waals surface area contributed by atoms with Crippen molar-refractivity contribution in [2.24, 2.45) is 5.92 Å². The lowest BCUT2D eigenvalue weighted by Gasteiger charge is -2.36. The monoisotopic (exact) mass is 271 g/mol. The van der Waals surface area contributed by atoms with Crippen LogP contribution in [0.3, 0.4) is 0 Å². The summed E-state index contributed by atoms with van der Waals surface area (Å²) in [5, 5.41) is 11.7. The van der Waals surface area contributed by atoms with E-state index in [-0.39, 0.29) is 11.9 Å². The highest BCUT2D eigenvalue weighted by molar-refractivity contribution is 5.82. The van der Waals surface area contributed by atoms with Gasteiger partial charge in [0.2, 0.25) is 0 Å². The second-order valence-electron chi connectivity index (χ2n) is 5.72. The van der Waals surface area contributed by atoms with Gasteiger partial charge in [-0.05, 0) is 32.9 Å². The topological polar surface area (TPSA) is 72.9 Å². The van der Waals surface area contributed by atoms with Crippen molar-refractivity contribution < 1.29 is 14.7 Å². The summed E-state index contributed by atoms with van der Waals surface area (Å²) in [5.74, 6) is -1.11. The van der Waals surface area contributed by atoms with Crippen LogP contribution in [0.4, 0.5) is 4.79 Å². The van der Waals surface area contributed by atoms with Gasteiger partial charge in [-0.3, -0.25) is 0 Å². The lowest BCUT2D eigenvalue weighted by atomic mass is 10.0. The van der Waals surface area contributed by atoms with Crippen molar-refractivity contribution in [3.05, 3.63) is 0 Å². The van der Waals surface area contributed by atoms with Crippen LogP contribution in [0.1, 0.15) is 26.7 Å². The van der Waals surface area contributed by atoms with Crippen molar-refractivity contribution in [1.29, 1.82) is 0 Å². The van der Waals surface area contributed by atoms with Crippen molar-refractivity contribution in [3.8, 4) is 0 Å². The van der Waals surface area contributed by atoms with Crippen LogP contribution in [0.5, 0.6) is 0 Å². The van der Waals surface area contributed by atoms with Gasteiger partial charge in [-0.1, -0.05) is 13.8 Å². The minimum Gasteiger partial charge on any atom is -0.480 e. The van der Waals surface area contributed by atoms with E-state index in [1.54, 1.807) is 18.7 Å². The second-order valence-corrected chi connectivity index (χ2v) is 5.72. The maximum absolute atomic E-state index is 12.1. The first kappa shape index (κ1) is 15.8. The quantitative estimate of drug-likeness (QED) is 0.794. The van der Waals surface area contributed by atoms with Crippen molar-refractivity contribution in [1.82, 2.24) is 15.1 Å². The third-order valence-electron chi connectivity index (χ3n) is 3.63. The van der Waals surface area contributed by atoms with Gasteiger partial charge in [0.1, 0.15) is 6.04 Å². The van der Waals surface area contributed by atoms with E-state index in [0.29, 0.717) is 19.1 Å². The van der Waals surface area contributed by atoms with Gasteiger partial charge in [0.15, 0.2) is 0 Å². The summed E-state index contributed by atoms with van der Waals surface area (Å²) in [4.78, 5) is 27.0. The number of nitrogens with one attached hydrogen (secondary N) is 1. The van der Waals surface area contributed by atoms with Crippen molar-refractivity contribution >= 4 is 12.0 Å². The van der Waals surface area contributed by atoms with E-state index < -0.39 is 12.0 Å². The summed E-state index contributed by atoms with van der Waals surface area (Å²) >= 11 is 0. The Morgan fingerprint density at radius 1 is 1.37 bits per heavy atom. The fraction of sp³-hybridized carbons (Fsp3) is 0.846. The highest BCUT2D eigenvalue weighted by Crippen LogP contribution is 2.14. The Balaban J connectivity index is 2.59. The number of carbonyl (C=O) groups excluding carboxylic acids is 1. The average Bonchev–Trinajstić information content (AvgIpc) is 2.34. The third kappa shape index (κ3) is 4.38. The minimum atomic E-state index is -0.982. The zero-order valence-electron chi connectivity index (χ0n) is 12.2. The number of likely N-dealkylation sites (tertiary alicyclic amines) is 1. The highest BCUT2D eigenvalue weighted by Gasteiger charge is 2.29. The van der Waals surface area contributed by atoms with Crippen LogP contribution in [0.25, 0.3) is 0 Å². The Hall–Kier alpha value is -1.30. The van der Waals surface area contributed by atoms with Crippen LogP contribution in [-0.2, 0) is 4.79 Å². The van der Waals surface area contributed by atoms with E-state index in [0.717, 1.165) is 12.8 Å². The molecule has 1 fully saturated rings. The number of aliphatic carboxylic acids is 1. The molecule has 110 valence electrons. The van der Waals surface area contributed by atoms with E-state index in [1.807, 2.05) is 14.1 Å². The molecule has 19 heavy (non-hydrogen) atoms. The molecule has 2 N–H and O–H groups in total. The Morgan fingerprint density at radius 2 is 2.00 bits per heavy atom. The fourth-order valence-corrected chi connectivity index (χ4v) is 2.30. The molecule has 1 heterocycles. The maximum atomic E-state index is 12.1. The Morgan fingerprint density at radius 3 is 2.47 bits per heavy atom. The molecule has 1 unspecified atom stereocenters. The summed E-state index contributed by atoms with van der Waals surface area (Å²) < 4.78 is 0. The Bertz CT molecular complexity index is 331. The van der Waals surface area contributed by atoms with Gasteiger partial charge in [-0.2, -0.15) is 0 Å². The smallest absolute Gasteiger partial charge is 0.326 e. The van der Waals surface area contributed by atoms with Gasteiger partial charge in [0, 0.05) is 19.1 Å². The summed E-state index contributed by atoms with van der Waals surface area (Å²) in [6, 6.07) is -0.748.